The molecule has 1 fully saturated rings. The summed E-state index contributed by atoms with van der Waals surface area (Å²) in [4.78, 5) is 23.1. The lowest BCUT2D eigenvalue weighted by Gasteiger charge is -2.27. The molecule has 19 heavy (non-hydrogen) atoms. The van der Waals surface area contributed by atoms with E-state index in [1.807, 2.05) is 0 Å². The monoisotopic (exact) mass is 271 g/mol. The van der Waals surface area contributed by atoms with E-state index in [4.69, 9.17) is 9.84 Å². The molecule has 2 unspecified atom stereocenters. The van der Waals surface area contributed by atoms with Gasteiger partial charge in [-0.15, -0.1) is 0 Å². The largest absolute Gasteiger partial charge is 0.481 e. The fourth-order valence-corrected chi connectivity index (χ4v) is 2.47. The first kappa shape index (κ1) is 16.0. The van der Waals surface area contributed by atoms with Crippen molar-refractivity contribution in [2.24, 2.45) is 11.8 Å². The third kappa shape index (κ3) is 5.59. The molecule has 1 saturated carbocycles. The Hall–Kier alpha value is -1.10. The highest BCUT2D eigenvalue weighted by molar-refractivity contribution is 5.84. The third-order valence-electron chi connectivity index (χ3n) is 3.61. The summed E-state index contributed by atoms with van der Waals surface area (Å²) in [5, 5.41) is 11.9. The molecule has 1 aliphatic carbocycles. The van der Waals surface area contributed by atoms with Crippen molar-refractivity contribution in [3.05, 3.63) is 0 Å². The summed E-state index contributed by atoms with van der Waals surface area (Å²) in [6, 6.07) is 0. The molecule has 0 saturated heterocycles. The maximum Gasteiger partial charge on any atom is 0.307 e. The molecule has 0 aliphatic heterocycles. The Morgan fingerprint density at radius 2 is 1.89 bits per heavy atom. The number of amides is 1. The van der Waals surface area contributed by atoms with Gasteiger partial charge in [-0.05, 0) is 19.3 Å². The summed E-state index contributed by atoms with van der Waals surface area (Å²) in [7, 11) is 0. The summed E-state index contributed by atoms with van der Waals surface area (Å²) < 4.78 is 5.36. The Morgan fingerprint density at radius 3 is 2.53 bits per heavy atom. The van der Waals surface area contributed by atoms with Crippen LogP contribution in [0.2, 0.25) is 0 Å². The Morgan fingerprint density at radius 1 is 1.21 bits per heavy atom. The van der Waals surface area contributed by atoms with Crippen LogP contribution in [0.15, 0.2) is 0 Å². The second-order valence-electron chi connectivity index (χ2n) is 5.09. The molecule has 0 aromatic carbocycles. The molecule has 5 nitrogen and oxygen atoms in total. The molecule has 0 aromatic heterocycles. The van der Waals surface area contributed by atoms with E-state index in [1.54, 1.807) is 0 Å². The standard InChI is InChI=1S/C14H25NO4/c1-2-3-9-19-10-8-15-13(16)11-6-4-5-7-12(11)14(17)18/h11-12H,2-10H2,1H3,(H,15,16)(H,17,18). The zero-order chi connectivity index (χ0) is 14.1. The number of rotatable bonds is 8. The van der Waals surface area contributed by atoms with E-state index in [-0.39, 0.29) is 11.8 Å². The van der Waals surface area contributed by atoms with Crippen LogP contribution in [0.25, 0.3) is 0 Å². The van der Waals surface area contributed by atoms with E-state index in [9.17, 15) is 9.59 Å². The van der Waals surface area contributed by atoms with Gasteiger partial charge in [-0.3, -0.25) is 9.59 Å². The third-order valence-corrected chi connectivity index (χ3v) is 3.61. The van der Waals surface area contributed by atoms with Crippen molar-refractivity contribution in [2.45, 2.75) is 45.4 Å². The van der Waals surface area contributed by atoms with Gasteiger partial charge in [0.05, 0.1) is 18.4 Å². The zero-order valence-electron chi connectivity index (χ0n) is 11.7. The summed E-state index contributed by atoms with van der Waals surface area (Å²) in [6.07, 6.45) is 5.25. The van der Waals surface area contributed by atoms with Gasteiger partial charge in [0.25, 0.3) is 0 Å². The summed E-state index contributed by atoms with van der Waals surface area (Å²) in [6.45, 7) is 3.77. The second kappa shape index (κ2) is 8.91. The van der Waals surface area contributed by atoms with Crippen LogP contribution in [0.4, 0.5) is 0 Å². The molecule has 5 heteroatoms. The highest BCUT2D eigenvalue weighted by atomic mass is 16.5. The number of carboxylic acids is 1. The summed E-state index contributed by atoms with van der Waals surface area (Å²) >= 11 is 0. The van der Waals surface area contributed by atoms with Crippen molar-refractivity contribution in [3.8, 4) is 0 Å². The Kier molecular flexibility index (Phi) is 7.48. The van der Waals surface area contributed by atoms with Gasteiger partial charge in [0.15, 0.2) is 0 Å². The lowest BCUT2D eigenvalue weighted by atomic mass is 9.79. The zero-order valence-corrected chi connectivity index (χ0v) is 11.7. The minimum absolute atomic E-state index is 0.133. The van der Waals surface area contributed by atoms with Crippen molar-refractivity contribution < 1.29 is 19.4 Å². The number of unbranched alkanes of at least 4 members (excludes halogenated alkanes) is 1. The van der Waals surface area contributed by atoms with Crippen LogP contribution in [0.3, 0.4) is 0 Å². The number of hydrogen-bond donors (Lipinski definition) is 2. The van der Waals surface area contributed by atoms with Crippen molar-refractivity contribution in [2.75, 3.05) is 19.8 Å². The number of aliphatic carboxylic acids is 1. The minimum atomic E-state index is -0.848. The molecule has 0 radical (unpaired) electrons. The van der Waals surface area contributed by atoms with Gasteiger partial charge >= 0.3 is 5.97 Å². The number of carbonyl (C=O) groups excluding carboxylic acids is 1. The molecule has 0 bridgehead atoms. The highest BCUT2D eigenvalue weighted by Gasteiger charge is 2.35. The van der Waals surface area contributed by atoms with Crippen LogP contribution < -0.4 is 5.32 Å². The van der Waals surface area contributed by atoms with Crippen molar-refractivity contribution in [3.63, 3.8) is 0 Å². The smallest absolute Gasteiger partial charge is 0.307 e. The summed E-state index contributed by atoms with van der Waals surface area (Å²) in [5.74, 6) is -1.87. The molecule has 1 aliphatic rings. The number of hydrogen-bond acceptors (Lipinski definition) is 3. The van der Waals surface area contributed by atoms with E-state index in [1.165, 1.54) is 0 Å². The molecular formula is C14H25NO4. The highest BCUT2D eigenvalue weighted by Crippen LogP contribution is 2.30. The summed E-state index contributed by atoms with van der Waals surface area (Å²) in [5.41, 5.74) is 0. The number of nitrogens with one attached hydrogen (secondary N) is 1. The van der Waals surface area contributed by atoms with E-state index < -0.39 is 11.9 Å². The lowest BCUT2D eigenvalue weighted by molar-refractivity contribution is -0.148. The fraction of sp³-hybridized carbons (Fsp3) is 0.857. The van der Waals surface area contributed by atoms with Crippen LogP contribution in [0.1, 0.15) is 45.4 Å². The number of ether oxygens (including phenoxy) is 1. The first-order valence-electron chi connectivity index (χ1n) is 7.25. The molecule has 1 rings (SSSR count). The molecule has 0 spiro atoms. The van der Waals surface area contributed by atoms with Gasteiger partial charge in [0.2, 0.25) is 5.91 Å². The second-order valence-corrected chi connectivity index (χ2v) is 5.09. The van der Waals surface area contributed by atoms with Gasteiger partial charge in [-0.1, -0.05) is 26.2 Å². The van der Waals surface area contributed by atoms with Gasteiger partial charge in [-0.25, -0.2) is 0 Å². The molecule has 0 aromatic rings. The van der Waals surface area contributed by atoms with Gasteiger partial charge < -0.3 is 15.2 Å². The molecular weight excluding hydrogens is 246 g/mol. The predicted molar refractivity (Wildman–Crippen MR) is 71.8 cm³/mol. The quantitative estimate of drug-likeness (QED) is 0.660. The number of carbonyl (C=O) groups is 2. The first-order chi connectivity index (χ1) is 9.16. The van der Waals surface area contributed by atoms with E-state index in [0.29, 0.717) is 32.6 Å². The van der Waals surface area contributed by atoms with Crippen LogP contribution in [0, 0.1) is 11.8 Å². The topological polar surface area (TPSA) is 75.6 Å². The normalized spacial score (nSPS) is 23.0. The average molecular weight is 271 g/mol. The van der Waals surface area contributed by atoms with Crippen LogP contribution >= 0.6 is 0 Å². The van der Waals surface area contributed by atoms with Gasteiger partial charge in [0.1, 0.15) is 0 Å². The first-order valence-corrected chi connectivity index (χ1v) is 7.25. The molecule has 0 heterocycles. The lowest BCUT2D eigenvalue weighted by Crippen LogP contribution is -2.40. The van der Waals surface area contributed by atoms with Gasteiger partial charge in [0, 0.05) is 13.2 Å². The predicted octanol–water partition coefficient (Wildman–Crippen LogP) is 1.81. The maximum absolute atomic E-state index is 12.0. The van der Waals surface area contributed by atoms with E-state index >= 15 is 0 Å². The van der Waals surface area contributed by atoms with Crippen LogP contribution in [0.5, 0.6) is 0 Å². The Balaban J connectivity index is 2.25. The van der Waals surface area contributed by atoms with Crippen molar-refractivity contribution in [1.82, 2.24) is 5.32 Å². The molecule has 2 atom stereocenters. The van der Waals surface area contributed by atoms with E-state index in [2.05, 4.69) is 12.2 Å². The van der Waals surface area contributed by atoms with E-state index in [0.717, 1.165) is 25.7 Å². The minimum Gasteiger partial charge on any atom is -0.481 e. The fourth-order valence-electron chi connectivity index (χ4n) is 2.47. The van der Waals surface area contributed by atoms with Crippen molar-refractivity contribution in [1.29, 1.82) is 0 Å². The Bertz CT molecular complexity index is 293. The van der Waals surface area contributed by atoms with Crippen molar-refractivity contribution >= 4 is 11.9 Å². The maximum atomic E-state index is 12.0. The van der Waals surface area contributed by atoms with Crippen LogP contribution in [-0.4, -0.2) is 36.7 Å². The molecule has 110 valence electrons. The SMILES string of the molecule is CCCCOCCNC(=O)C1CCCCC1C(=O)O. The number of carboxylic acid groups (broad SMARTS) is 1. The molecule has 2 N–H and O–H groups in total. The average Bonchev–Trinajstić information content (AvgIpc) is 2.42. The van der Waals surface area contributed by atoms with Crippen LogP contribution in [-0.2, 0) is 14.3 Å². The van der Waals surface area contributed by atoms with Gasteiger partial charge in [-0.2, -0.15) is 0 Å². The molecule has 1 amide bonds. The Labute approximate surface area is 114 Å².